The average Bonchev–Trinajstić information content (AvgIpc) is 2.34. The van der Waals surface area contributed by atoms with Crippen LogP contribution in [0, 0.1) is 12.3 Å². The molecule has 1 atom stereocenters. The molecule has 0 spiro atoms. The molecule has 0 radical (unpaired) electrons. The van der Waals surface area contributed by atoms with Gasteiger partial charge in [0.2, 0.25) is 0 Å². The molecule has 2 nitrogen and oxygen atoms in total. The van der Waals surface area contributed by atoms with E-state index < -0.39 is 0 Å². The Hall–Kier alpha value is 0.536. The maximum absolute atomic E-state index is 6.54. The van der Waals surface area contributed by atoms with Gasteiger partial charge in [0.1, 0.15) is 0 Å². The second kappa shape index (κ2) is 8.63. The van der Waals surface area contributed by atoms with E-state index in [4.69, 9.17) is 15.9 Å². The molecule has 1 saturated heterocycles. The van der Waals surface area contributed by atoms with E-state index in [2.05, 4.69) is 5.92 Å². The molecular weight excluding hydrogens is 176 g/mol. The van der Waals surface area contributed by atoms with Gasteiger partial charge in [0.15, 0.2) is 6.29 Å². The summed E-state index contributed by atoms with van der Waals surface area (Å²) in [6, 6.07) is 0. The number of hydrogen-bond acceptors (Lipinski definition) is 2. The van der Waals surface area contributed by atoms with Crippen LogP contribution in [0.15, 0.2) is 0 Å². The Morgan fingerprint density at radius 3 is 2.82 bits per heavy atom. The minimum Gasteiger partial charge on any atom is -1.00 e. The summed E-state index contributed by atoms with van der Waals surface area (Å²) in [6.45, 7) is 1.05. The summed E-state index contributed by atoms with van der Waals surface area (Å²) < 4.78 is 10.1. The Morgan fingerprint density at radius 2 is 2.36 bits per heavy atom. The molecule has 0 N–H and O–H groups in total. The zero-order chi connectivity index (χ0) is 6.53. The Labute approximate surface area is 89.6 Å². The fourth-order valence-corrected chi connectivity index (χ4v) is 0.814. The van der Waals surface area contributed by atoms with Crippen molar-refractivity contribution in [2.24, 2.45) is 0 Å². The largest absolute Gasteiger partial charge is 2.00 e. The van der Waals surface area contributed by atoms with Crippen LogP contribution in [0.25, 0.3) is 0 Å². The monoisotopic (exact) mass is 184 g/mol. The molecule has 1 unspecified atom stereocenters. The van der Waals surface area contributed by atoms with Crippen LogP contribution in [0.4, 0.5) is 0 Å². The zero-order valence-corrected chi connectivity index (χ0v) is 8.48. The number of ether oxygens (including phenoxy) is 2. The predicted molar refractivity (Wildman–Crippen MR) is 37.8 cm³/mol. The molecule has 58 valence electrons. The van der Waals surface area contributed by atoms with Crippen molar-refractivity contribution in [1.82, 2.24) is 0 Å². The van der Waals surface area contributed by atoms with E-state index in [-0.39, 0.29) is 48.4 Å². The summed E-state index contributed by atoms with van der Waals surface area (Å²) in [5.41, 5.74) is 0. The van der Waals surface area contributed by atoms with Crippen molar-refractivity contribution in [1.29, 1.82) is 0 Å². The van der Waals surface area contributed by atoms with E-state index in [1.54, 1.807) is 0 Å². The van der Waals surface area contributed by atoms with Crippen LogP contribution in [0.5, 0.6) is 0 Å². The number of halogens is 1. The third-order valence-corrected chi connectivity index (χ3v) is 1.23. The van der Waals surface area contributed by atoms with Crippen LogP contribution in [0.3, 0.4) is 0 Å². The average molecular weight is 185 g/mol. The molecule has 0 aromatic rings. The van der Waals surface area contributed by atoms with E-state index in [1.165, 1.54) is 0 Å². The summed E-state index contributed by atoms with van der Waals surface area (Å²) >= 11 is 0. The van der Waals surface area contributed by atoms with Crippen molar-refractivity contribution in [2.45, 2.75) is 19.1 Å². The maximum atomic E-state index is 6.54. The molecule has 0 amide bonds. The van der Waals surface area contributed by atoms with E-state index in [0.29, 0.717) is 0 Å². The predicted octanol–water partition coefficient (Wildman–Crippen LogP) is -2.65. The third-order valence-electron chi connectivity index (χ3n) is 1.23. The van der Waals surface area contributed by atoms with Gasteiger partial charge < -0.3 is 34.2 Å². The first-order chi connectivity index (χ1) is 4.43. The van der Waals surface area contributed by atoms with Crippen molar-refractivity contribution in [2.75, 3.05) is 13.2 Å². The van der Waals surface area contributed by atoms with Crippen molar-refractivity contribution in [3.63, 3.8) is 0 Å². The Kier molecular flexibility index (Phi) is 11.0. The summed E-state index contributed by atoms with van der Waals surface area (Å²) in [5.74, 6) is 2.14. The molecule has 1 heterocycles. The van der Waals surface area contributed by atoms with Gasteiger partial charge in [-0.1, -0.05) is 0 Å². The van der Waals surface area contributed by atoms with Crippen LogP contribution >= 0.6 is 0 Å². The fourth-order valence-electron chi connectivity index (χ4n) is 0.814. The Morgan fingerprint density at radius 1 is 1.64 bits per heavy atom. The van der Waals surface area contributed by atoms with Crippen molar-refractivity contribution in [3.05, 3.63) is 6.42 Å². The first kappa shape index (κ1) is 14.1. The third kappa shape index (κ3) is 5.77. The van der Waals surface area contributed by atoms with Gasteiger partial charge in [-0.25, -0.2) is 0 Å². The van der Waals surface area contributed by atoms with E-state index in [1.807, 2.05) is 0 Å². The minimum absolute atomic E-state index is 0. The molecular formula is C7H9ClMgO2. The Balaban J connectivity index is 0. The van der Waals surface area contributed by atoms with Crippen molar-refractivity contribution in [3.8, 4) is 5.92 Å². The van der Waals surface area contributed by atoms with Gasteiger partial charge in [0.25, 0.3) is 0 Å². The standard InChI is InChI=1S/C7H9O2.ClH.Mg/c1-2-5-8-7-4-3-6-9-7;;/h7H,3-6H2;1H;/q-1;;+2/p-1. The smallest absolute Gasteiger partial charge is 1.00 e. The number of rotatable bonds is 2. The van der Waals surface area contributed by atoms with E-state index in [9.17, 15) is 0 Å². The maximum Gasteiger partial charge on any atom is 2.00 e. The summed E-state index contributed by atoms with van der Waals surface area (Å²) in [6.07, 6.45) is 8.50. The van der Waals surface area contributed by atoms with Gasteiger partial charge in [-0.05, 0) is 6.42 Å². The zero-order valence-electron chi connectivity index (χ0n) is 6.31. The summed E-state index contributed by atoms with van der Waals surface area (Å²) in [7, 11) is 0. The molecule has 11 heavy (non-hydrogen) atoms. The van der Waals surface area contributed by atoms with Gasteiger partial charge in [-0.15, -0.1) is 0 Å². The molecule has 0 bridgehead atoms. The first-order valence-corrected chi connectivity index (χ1v) is 3.06. The molecule has 0 aliphatic carbocycles. The second-order valence-corrected chi connectivity index (χ2v) is 1.93. The molecule has 1 fully saturated rings. The van der Waals surface area contributed by atoms with Gasteiger partial charge >= 0.3 is 23.1 Å². The van der Waals surface area contributed by atoms with Crippen LogP contribution in [0.2, 0.25) is 0 Å². The van der Waals surface area contributed by atoms with Crippen LogP contribution in [-0.2, 0) is 9.47 Å². The van der Waals surface area contributed by atoms with Gasteiger partial charge in [0, 0.05) is 13.0 Å². The second-order valence-electron chi connectivity index (χ2n) is 1.93. The molecule has 1 rings (SSSR count). The molecule has 0 saturated carbocycles. The van der Waals surface area contributed by atoms with Crippen LogP contribution in [-0.4, -0.2) is 42.6 Å². The van der Waals surface area contributed by atoms with Crippen molar-refractivity contribution >= 4 is 23.1 Å². The SMILES string of the molecule is [C-]#CCOC1CCCO1.[Cl-].[Mg+2]. The van der Waals surface area contributed by atoms with Crippen LogP contribution < -0.4 is 12.4 Å². The topological polar surface area (TPSA) is 18.5 Å². The molecule has 4 heteroatoms. The molecule has 1 aliphatic rings. The number of hydrogen-bond donors (Lipinski definition) is 0. The minimum atomic E-state index is -0.0668. The molecule has 1 aliphatic heterocycles. The summed E-state index contributed by atoms with van der Waals surface area (Å²) in [4.78, 5) is 0. The van der Waals surface area contributed by atoms with E-state index >= 15 is 0 Å². The van der Waals surface area contributed by atoms with Crippen LogP contribution in [0.1, 0.15) is 12.8 Å². The molecule has 0 aromatic heterocycles. The normalized spacial score (nSPS) is 21.2. The molecule has 0 aromatic carbocycles. The quantitative estimate of drug-likeness (QED) is 0.266. The van der Waals surface area contributed by atoms with Gasteiger partial charge in [-0.2, -0.15) is 0 Å². The van der Waals surface area contributed by atoms with Gasteiger partial charge in [-0.3, -0.25) is 0 Å². The Bertz CT molecular complexity index is 118. The fraction of sp³-hybridized carbons (Fsp3) is 0.714. The van der Waals surface area contributed by atoms with E-state index in [0.717, 1.165) is 19.4 Å². The summed E-state index contributed by atoms with van der Waals surface area (Å²) in [5, 5.41) is 0. The van der Waals surface area contributed by atoms with Crippen molar-refractivity contribution < 1.29 is 21.9 Å². The van der Waals surface area contributed by atoms with Gasteiger partial charge in [0.05, 0.1) is 6.61 Å². The first-order valence-electron chi connectivity index (χ1n) is 3.06.